The minimum absolute atomic E-state index is 0.358. The minimum Gasteiger partial charge on any atom is -0.507 e. The fraction of sp³-hybridized carbons (Fsp3) is 0.250. The second kappa shape index (κ2) is 4.88. The number of carbonyl (C=O) groups is 1. The summed E-state index contributed by atoms with van der Waals surface area (Å²) in [7, 11) is 0. The molecule has 1 aromatic carbocycles. The summed E-state index contributed by atoms with van der Waals surface area (Å²) in [5.74, 6) is -1.83. The van der Waals surface area contributed by atoms with Gasteiger partial charge in [0.1, 0.15) is 5.76 Å². The molecule has 16 heavy (non-hydrogen) atoms. The Kier molecular flexibility index (Phi) is 3.77. The van der Waals surface area contributed by atoms with E-state index in [1.165, 1.54) is 0 Å². The van der Waals surface area contributed by atoms with Crippen LogP contribution in [0.4, 0.5) is 8.78 Å². The summed E-state index contributed by atoms with van der Waals surface area (Å²) in [4.78, 5) is 10.7. The van der Waals surface area contributed by atoms with Gasteiger partial charge in [-0.2, -0.15) is 0 Å². The number of allylic oxidation sites excluding steroid dienone is 1. The molecule has 0 heterocycles. The van der Waals surface area contributed by atoms with E-state index >= 15 is 0 Å². The number of hydrogen-bond acceptors (Lipinski definition) is 2. The van der Waals surface area contributed by atoms with Crippen molar-refractivity contribution < 1.29 is 18.7 Å². The Morgan fingerprint density at radius 1 is 1.31 bits per heavy atom. The normalized spacial score (nSPS) is 11.9. The highest BCUT2D eigenvalue weighted by atomic mass is 19.3. The molecule has 86 valence electrons. The summed E-state index contributed by atoms with van der Waals surface area (Å²) in [5, 5.41) is 9.46. The second-order valence-electron chi connectivity index (χ2n) is 3.53. The summed E-state index contributed by atoms with van der Waals surface area (Å²) < 4.78 is 23.9. The van der Waals surface area contributed by atoms with E-state index in [1.54, 1.807) is 18.2 Å². The molecule has 4 heteroatoms. The molecule has 1 aromatic rings. The van der Waals surface area contributed by atoms with E-state index in [0.29, 0.717) is 11.6 Å². The van der Waals surface area contributed by atoms with E-state index < -0.39 is 18.0 Å². The molecule has 0 fully saturated rings. The third kappa shape index (κ3) is 2.89. The summed E-state index contributed by atoms with van der Waals surface area (Å²) in [6, 6.07) is 4.97. The highest BCUT2D eigenvalue weighted by Gasteiger charge is 2.14. The van der Waals surface area contributed by atoms with Crippen molar-refractivity contribution in [3.05, 3.63) is 41.0 Å². The zero-order valence-electron chi connectivity index (χ0n) is 9.00. The standard InChI is InChI=1S/C12H12F2O2/c1-7-3-4-9(5-8(7)2)10(15)6-11(16)12(13)14/h3-6,12,15H,1-2H3. The number of aryl methyl sites for hydroxylation is 2. The van der Waals surface area contributed by atoms with Gasteiger partial charge < -0.3 is 5.11 Å². The smallest absolute Gasteiger partial charge is 0.300 e. The largest absolute Gasteiger partial charge is 0.507 e. The Bertz CT molecular complexity index is 437. The van der Waals surface area contributed by atoms with Crippen LogP contribution in [0.5, 0.6) is 0 Å². The third-order valence-electron chi connectivity index (χ3n) is 2.30. The molecular weight excluding hydrogens is 214 g/mol. The van der Waals surface area contributed by atoms with E-state index in [0.717, 1.165) is 11.1 Å². The van der Waals surface area contributed by atoms with Gasteiger partial charge in [-0.25, -0.2) is 8.78 Å². The molecule has 0 aliphatic heterocycles. The number of ketones is 1. The van der Waals surface area contributed by atoms with Crippen LogP contribution in [0.25, 0.3) is 5.76 Å². The van der Waals surface area contributed by atoms with Crippen LogP contribution < -0.4 is 0 Å². The number of hydrogen-bond donors (Lipinski definition) is 1. The molecule has 1 rings (SSSR count). The van der Waals surface area contributed by atoms with Gasteiger partial charge in [0.25, 0.3) is 6.43 Å². The van der Waals surface area contributed by atoms with Gasteiger partial charge in [-0.3, -0.25) is 4.79 Å². The monoisotopic (exact) mass is 226 g/mol. The number of alkyl halides is 2. The molecule has 0 saturated heterocycles. The zero-order chi connectivity index (χ0) is 12.3. The third-order valence-corrected chi connectivity index (χ3v) is 2.30. The first-order chi connectivity index (χ1) is 7.41. The SMILES string of the molecule is Cc1ccc(C(O)=CC(=O)C(F)F)cc1C. The van der Waals surface area contributed by atoms with Gasteiger partial charge in [-0.1, -0.05) is 12.1 Å². The number of rotatable bonds is 3. The Morgan fingerprint density at radius 3 is 2.44 bits per heavy atom. The predicted molar refractivity (Wildman–Crippen MR) is 57.5 cm³/mol. The lowest BCUT2D eigenvalue weighted by atomic mass is 10.0. The van der Waals surface area contributed by atoms with Crippen LogP contribution >= 0.6 is 0 Å². The molecule has 0 radical (unpaired) electrons. The van der Waals surface area contributed by atoms with Crippen molar-refractivity contribution in [2.24, 2.45) is 0 Å². The van der Waals surface area contributed by atoms with Crippen molar-refractivity contribution in [1.29, 1.82) is 0 Å². The maximum Gasteiger partial charge on any atom is 0.300 e. The van der Waals surface area contributed by atoms with Crippen molar-refractivity contribution in [3.8, 4) is 0 Å². The van der Waals surface area contributed by atoms with Gasteiger partial charge >= 0.3 is 0 Å². The van der Waals surface area contributed by atoms with E-state index in [2.05, 4.69) is 0 Å². The molecule has 1 N–H and O–H groups in total. The lowest BCUT2D eigenvalue weighted by molar-refractivity contribution is -0.124. The first-order valence-corrected chi connectivity index (χ1v) is 4.72. The second-order valence-corrected chi connectivity index (χ2v) is 3.53. The molecule has 2 nitrogen and oxygen atoms in total. The fourth-order valence-corrected chi connectivity index (χ4v) is 1.18. The molecule has 0 atom stereocenters. The van der Waals surface area contributed by atoms with Crippen molar-refractivity contribution in [2.45, 2.75) is 20.3 Å². The van der Waals surface area contributed by atoms with E-state index in [9.17, 15) is 18.7 Å². The van der Waals surface area contributed by atoms with Crippen molar-refractivity contribution in [1.82, 2.24) is 0 Å². The van der Waals surface area contributed by atoms with Crippen molar-refractivity contribution in [2.75, 3.05) is 0 Å². The van der Waals surface area contributed by atoms with Crippen LogP contribution in [-0.4, -0.2) is 17.3 Å². The van der Waals surface area contributed by atoms with Crippen LogP contribution in [-0.2, 0) is 4.79 Å². The first kappa shape index (κ1) is 12.4. The topological polar surface area (TPSA) is 37.3 Å². The molecule has 0 aromatic heterocycles. The summed E-state index contributed by atoms with van der Waals surface area (Å²) in [6.07, 6.45) is -2.54. The summed E-state index contributed by atoms with van der Waals surface area (Å²) in [5.41, 5.74) is 2.30. The maximum absolute atomic E-state index is 11.9. The highest BCUT2D eigenvalue weighted by Crippen LogP contribution is 2.16. The lowest BCUT2D eigenvalue weighted by Gasteiger charge is -2.04. The number of aliphatic hydroxyl groups is 1. The number of benzene rings is 1. The molecule has 0 saturated carbocycles. The first-order valence-electron chi connectivity index (χ1n) is 4.72. The van der Waals surface area contributed by atoms with Gasteiger partial charge in [0.15, 0.2) is 0 Å². The average molecular weight is 226 g/mol. The van der Waals surface area contributed by atoms with E-state index in [-0.39, 0.29) is 0 Å². The Morgan fingerprint density at radius 2 is 1.94 bits per heavy atom. The van der Waals surface area contributed by atoms with Gasteiger partial charge in [0.2, 0.25) is 5.78 Å². The van der Waals surface area contributed by atoms with Crippen LogP contribution in [0.3, 0.4) is 0 Å². The average Bonchev–Trinajstić information content (AvgIpc) is 2.21. The predicted octanol–water partition coefficient (Wildman–Crippen LogP) is 3.04. The molecule has 0 bridgehead atoms. The van der Waals surface area contributed by atoms with Crippen LogP contribution in [0.2, 0.25) is 0 Å². The fourth-order valence-electron chi connectivity index (χ4n) is 1.18. The molecular formula is C12H12F2O2. The van der Waals surface area contributed by atoms with Crippen molar-refractivity contribution in [3.63, 3.8) is 0 Å². The quantitative estimate of drug-likeness (QED) is 0.635. The molecule has 0 aliphatic rings. The van der Waals surface area contributed by atoms with Crippen molar-refractivity contribution >= 4 is 11.5 Å². The van der Waals surface area contributed by atoms with Gasteiger partial charge in [0, 0.05) is 11.6 Å². The molecule has 0 unspecified atom stereocenters. The minimum atomic E-state index is -3.09. The number of carbonyl (C=O) groups excluding carboxylic acids is 1. The lowest BCUT2D eigenvalue weighted by Crippen LogP contribution is -2.06. The Balaban J connectivity index is 3.01. The van der Waals surface area contributed by atoms with Crippen LogP contribution in [0, 0.1) is 13.8 Å². The van der Waals surface area contributed by atoms with E-state index in [1.807, 2.05) is 13.8 Å². The van der Waals surface area contributed by atoms with Crippen LogP contribution in [0.15, 0.2) is 24.3 Å². The Hall–Kier alpha value is -1.71. The molecule has 0 aliphatic carbocycles. The van der Waals surface area contributed by atoms with Gasteiger partial charge in [-0.05, 0) is 31.0 Å². The van der Waals surface area contributed by atoms with Crippen LogP contribution in [0.1, 0.15) is 16.7 Å². The summed E-state index contributed by atoms with van der Waals surface area (Å²) >= 11 is 0. The summed E-state index contributed by atoms with van der Waals surface area (Å²) in [6.45, 7) is 3.73. The van der Waals surface area contributed by atoms with Gasteiger partial charge in [0.05, 0.1) is 0 Å². The molecule has 0 amide bonds. The Labute approximate surface area is 92.2 Å². The van der Waals surface area contributed by atoms with E-state index in [4.69, 9.17) is 0 Å². The highest BCUT2D eigenvalue weighted by molar-refractivity contribution is 5.97. The maximum atomic E-state index is 11.9. The van der Waals surface area contributed by atoms with Gasteiger partial charge in [-0.15, -0.1) is 0 Å². The molecule has 0 spiro atoms. The number of aliphatic hydroxyl groups excluding tert-OH is 1. The number of halogens is 2. The zero-order valence-corrected chi connectivity index (χ0v) is 9.00.